The van der Waals surface area contributed by atoms with Crippen molar-refractivity contribution >= 4 is 44.8 Å². The van der Waals surface area contributed by atoms with Crippen LogP contribution in [0.5, 0.6) is 0 Å². The second-order valence-corrected chi connectivity index (χ2v) is 10.3. The van der Waals surface area contributed by atoms with Gasteiger partial charge >= 0.3 is 0 Å². The first kappa shape index (κ1) is 25.1. The van der Waals surface area contributed by atoms with Gasteiger partial charge in [0.1, 0.15) is 5.60 Å². The molecule has 1 aliphatic heterocycles. The summed E-state index contributed by atoms with van der Waals surface area (Å²) in [5.74, 6) is -0.411. The molecule has 2 heterocycles. The van der Waals surface area contributed by atoms with Crippen LogP contribution < -0.4 is 16.2 Å². The predicted molar refractivity (Wildman–Crippen MR) is 130 cm³/mol. The van der Waals surface area contributed by atoms with E-state index in [1.807, 2.05) is 0 Å². The fourth-order valence-electron chi connectivity index (χ4n) is 4.31. The van der Waals surface area contributed by atoms with Gasteiger partial charge in [-0.3, -0.25) is 9.59 Å². The summed E-state index contributed by atoms with van der Waals surface area (Å²) in [6.45, 7) is 0.758. The molecule has 34 heavy (non-hydrogen) atoms. The Kier molecular flexibility index (Phi) is 7.32. The number of halogens is 2. The quantitative estimate of drug-likeness (QED) is 0.340. The molecule has 3 atom stereocenters. The number of hydrogen-bond donors (Lipinski definition) is 5. The molecule has 184 valence electrons. The van der Waals surface area contributed by atoms with Gasteiger partial charge in [-0.1, -0.05) is 27.5 Å². The molecule has 1 unspecified atom stereocenters. The average molecular weight is 557 g/mol. The largest absolute Gasteiger partial charge is 0.390 e. The molecular weight excluding hydrogens is 530 g/mol. The van der Waals surface area contributed by atoms with Crippen molar-refractivity contribution in [3.63, 3.8) is 0 Å². The van der Waals surface area contributed by atoms with Gasteiger partial charge in [-0.05, 0) is 44.0 Å². The summed E-state index contributed by atoms with van der Waals surface area (Å²) in [6.07, 6.45) is -0.0786. The Bertz CT molecular complexity index is 1130. The zero-order valence-corrected chi connectivity index (χ0v) is 20.9. The highest BCUT2D eigenvalue weighted by atomic mass is 79.9. The van der Waals surface area contributed by atoms with Gasteiger partial charge in [-0.15, -0.1) is 0 Å². The van der Waals surface area contributed by atoms with E-state index >= 15 is 0 Å². The van der Waals surface area contributed by atoms with Gasteiger partial charge in [0, 0.05) is 23.6 Å². The number of rotatable bonds is 7. The van der Waals surface area contributed by atoms with E-state index in [9.17, 15) is 24.9 Å². The number of β-amino-alcohol motifs (C(OH)–C–C–N with tert-alkyl or cyclic N) is 1. The second kappa shape index (κ2) is 9.92. The molecule has 1 aromatic carbocycles. The van der Waals surface area contributed by atoms with Crippen LogP contribution in [0.1, 0.15) is 29.8 Å². The van der Waals surface area contributed by atoms with E-state index in [-0.39, 0.29) is 36.1 Å². The van der Waals surface area contributed by atoms with Crippen LogP contribution in [0.25, 0.3) is 0 Å². The summed E-state index contributed by atoms with van der Waals surface area (Å²) >= 11 is 9.61. The number of nitrogens with one attached hydrogen (secondary N) is 2. The molecule has 12 heteroatoms. The summed E-state index contributed by atoms with van der Waals surface area (Å²) < 4.78 is 1.87. The van der Waals surface area contributed by atoms with E-state index in [0.717, 1.165) is 9.15 Å². The zero-order chi connectivity index (χ0) is 24.6. The Morgan fingerprint density at radius 2 is 1.91 bits per heavy atom. The molecule has 5 N–H and O–H groups in total. The van der Waals surface area contributed by atoms with Crippen molar-refractivity contribution in [2.75, 3.05) is 25.0 Å². The minimum absolute atomic E-state index is 0.000263. The molecule has 0 spiro atoms. The first-order valence-electron chi connectivity index (χ1n) is 11.0. The highest BCUT2D eigenvalue weighted by Crippen LogP contribution is 2.31. The van der Waals surface area contributed by atoms with Crippen LogP contribution in [-0.4, -0.2) is 79.4 Å². The first-order chi connectivity index (χ1) is 16.0. The number of aryl methyl sites for hydroxylation is 1. The van der Waals surface area contributed by atoms with Crippen LogP contribution in [-0.2, 0) is 7.05 Å². The van der Waals surface area contributed by atoms with Crippen LogP contribution in [0.15, 0.2) is 33.5 Å². The Morgan fingerprint density at radius 1 is 1.24 bits per heavy atom. The molecule has 2 fully saturated rings. The van der Waals surface area contributed by atoms with E-state index in [4.69, 9.17) is 11.6 Å². The van der Waals surface area contributed by atoms with Gasteiger partial charge in [0.2, 0.25) is 0 Å². The highest BCUT2D eigenvalue weighted by Gasteiger charge is 2.44. The zero-order valence-electron chi connectivity index (χ0n) is 18.5. The number of anilines is 2. The third kappa shape index (κ3) is 5.45. The molecule has 1 aromatic heterocycles. The smallest absolute Gasteiger partial charge is 0.276 e. The SMILES string of the molecule is Cn1nc(C(=O)N2CC(O)(CCNC3C[C@@H](O)[C@@H](O)C3)C2)c(Nc2ccc(Br)cc2Cl)cc1=O. The van der Waals surface area contributed by atoms with Gasteiger partial charge in [-0.25, -0.2) is 4.68 Å². The summed E-state index contributed by atoms with van der Waals surface area (Å²) in [5.41, 5.74) is -0.632. The normalized spacial score (nSPS) is 23.6. The monoisotopic (exact) mass is 555 g/mol. The van der Waals surface area contributed by atoms with Crippen LogP contribution in [0.3, 0.4) is 0 Å². The van der Waals surface area contributed by atoms with Crippen LogP contribution in [0.4, 0.5) is 11.4 Å². The topological polar surface area (TPSA) is 140 Å². The summed E-state index contributed by atoms with van der Waals surface area (Å²) in [5, 5.41) is 40.9. The summed E-state index contributed by atoms with van der Waals surface area (Å²) in [7, 11) is 1.46. The fraction of sp³-hybridized carbons (Fsp3) is 0.500. The Morgan fingerprint density at radius 3 is 2.56 bits per heavy atom. The van der Waals surface area contributed by atoms with Crippen molar-refractivity contribution in [1.82, 2.24) is 20.0 Å². The second-order valence-electron chi connectivity index (χ2n) is 9.01. The van der Waals surface area contributed by atoms with E-state index in [1.54, 1.807) is 18.2 Å². The molecule has 4 rings (SSSR count). The number of carbonyl (C=O) groups is 1. The van der Waals surface area contributed by atoms with Crippen LogP contribution >= 0.6 is 27.5 Å². The number of likely N-dealkylation sites (tertiary alicyclic amines) is 1. The van der Waals surface area contributed by atoms with Crippen molar-refractivity contribution in [2.45, 2.75) is 43.1 Å². The highest BCUT2D eigenvalue weighted by molar-refractivity contribution is 9.10. The van der Waals surface area contributed by atoms with Crippen LogP contribution in [0, 0.1) is 0 Å². The maximum atomic E-state index is 13.2. The summed E-state index contributed by atoms with van der Waals surface area (Å²) in [6, 6.07) is 6.48. The number of nitrogens with zero attached hydrogens (tertiary/aromatic N) is 3. The van der Waals surface area contributed by atoms with Crippen molar-refractivity contribution in [3.05, 3.63) is 49.8 Å². The molecule has 10 nitrogen and oxygen atoms in total. The molecule has 2 aromatic rings. The average Bonchev–Trinajstić information content (AvgIpc) is 3.07. The number of aliphatic hydroxyl groups excluding tert-OH is 2. The van der Waals surface area contributed by atoms with Crippen LogP contribution in [0.2, 0.25) is 5.02 Å². The lowest BCUT2D eigenvalue weighted by Crippen LogP contribution is -2.64. The molecule has 0 bridgehead atoms. The van der Waals surface area contributed by atoms with E-state index in [0.29, 0.717) is 36.5 Å². The number of aromatic nitrogens is 2. The molecule has 2 aliphatic rings. The van der Waals surface area contributed by atoms with Gasteiger partial charge in [0.05, 0.1) is 41.7 Å². The van der Waals surface area contributed by atoms with Crippen molar-refractivity contribution in [1.29, 1.82) is 0 Å². The molecule has 1 saturated heterocycles. The number of benzene rings is 1. The molecule has 1 saturated carbocycles. The fourth-order valence-corrected chi connectivity index (χ4v) is 5.03. The Labute approximate surface area is 209 Å². The Balaban J connectivity index is 1.40. The predicted octanol–water partition coefficient (Wildman–Crippen LogP) is 0.991. The number of aliphatic hydroxyl groups is 3. The lowest BCUT2D eigenvalue weighted by Gasteiger charge is -2.46. The number of carbonyl (C=O) groups excluding carboxylic acids is 1. The minimum Gasteiger partial charge on any atom is -0.390 e. The Hall–Kier alpha value is -2.02. The van der Waals surface area contributed by atoms with E-state index < -0.39 is 23.7 Å². The maximum absolute atomic E-state index is 13.2. The minimum atomic E-state index is -1.04. The maximum Gasteiger partial charge on any atom is 0.276 e. The van der Waals surface area contributed by atoms with Crippen molar-refractivity contribution < 1.29 is 20.1 Å². The third-order valence-electron chi connectivity index (χ3n) is 6.27. The van der Waals surface area contributed by atoms with Crippen molar-refractivity contribution in [3.8, 4) is 0 Å². The number of hydrogen-bond acceptors (Lipinski definition) is 8. The first-order valence-corrected chi connectivity index (χ1v) is 12.1. The lowest BCUT2D eigenvalue weighted by molar-refractivity contribution is -0.0855. The van der Waals surface area contributed by atoms with Gasteiger partial charge in [0.25, 0.3) is 11.5 Å². The standard InChI is InChI=1S/C22H27BrClN5O5/c1-28-19(32)9-16(26-15-3-2-12(23)6-14(15)24)20(27-28)21(33)29-10-22(34,11-29)4-5-25-13-7-17(30)18(31)8-13/h2-3,6,9,13,17-18,25-26,30-31,34H,4-5,7-8,10-11H2,1H3/t13?,17-,18+. The van der Waals surface area contributed by atoms with Gasteiger partial charge in [-0.2, -0.15) is 5.10 Å². The van der Waals surface area contributed by atoms with Crippen molar-refractivity contribution in [2.24, 2.45) is 7.05 Å². The van der Waals surface area contributed by atoms with Gasteiger partial charge < -0.3 is 30.9 Å². The molecule has 1 amide bonds. The number of amides is 1. The lowest BCUT2D eigenvalue weighted by atomic mass is 9.90. The molecular formula is C22H27BrClN5O5. The third-order valence-corrected chi connectivity index (χ3v) is 7.08. The summed E-state index contributed by atoms with van der Waals surface area (Å²) in [4.78, 5) is 26.8. The van der Waals surface area contributed by atoms with Gasteiger partial charge in [0.15, 0.2) is 5.69 Å². The van der Waals surface area contributed by atoms with E-state index in [2.05, 4.69) is 31.7 Å². The molecule has 0 radical (unpaired) electrons. The van der Waals surface area contributed by atoms with E-state index in [1.165, 1.54) is 18.0 Å². The molecule has 1 aliphatic carbocycles.